The molecule has 0 saturated heterocycles. The van der Waals surface area contributed by atoms with Crippen molar-refractivity contribution in [2.75, 3.05) is 5.32 Å². The van der Waals surface area contributed by atoms with E-state index in [2.05, 4.69) is 43.2 Å². The molecule has 0 fully saturated rings. The number of nitrogens with one attached hydrogen (secondary N) is 1. The van der Waals surface area contributed by atoms with Gasteiger partial charge in [-0.3, -0.25) is 0 Å². The van der Waals surface area contributed by atoms with Gasteiger partial charge in [-0.1, -0.05) is 37.9 Å². The molecule has 1 N–H and O–H groups in total. The first kappa shape index (κ1) is 13.1. The van der Waals surface area contributed by atoms with Gasteiger partial charge in [-0.05, 0) is 42.8 Å². The van der Waals surface area contributed by atoms with Gasteiger partial charge >= 0.3 is 0 Å². The zero-order valence-electron chi connectivity index (χ0n) is 9.67. The highest BCUT2D eigenvalue weighted by molar-refractivity contribution is 9.10. The lowest BCUT2D eigenvalue weighted by Crippen LogP contribution is -1.94. The third-order valence-electron chi connectivity index (χ3n) is 2.51. The monoisotopic (exact) mass is 364 g/mol. The van der Waals surface area contributed by atoms with Gasteiger partial charge in [0.2, 0.25) is 0 Å². The van der Waals surface area contributed by atoms with Crippen molar-refractivity contribution in [3.8, 4) is 6.07 Å². The average Bonchev–Trinajstić information content (AvgIpc) is 2.33. The van der Waals surface area contributed by atoms with E-state index in [1.807, 2.05) is 37.3 Å². The number of rotatable bonds is 2. The first-order valence-electron chi connectivity index (χ1n) is 5.32. The molecule has 0 radical (unpaired) electrons. The second-order valence-corrected chi connectivity index (χ2v) is 5.76. The van der Waals surface area contributed by atoms with Crippen molar-refractivity contribution in [3.63, 3.8) is 0 Å². The third-order valence-corrected chi connectivity index (χ3v) is 3.46. The smallest absolute Gasteiger partial charge is 0.0992 e. The fraction of sp³-hybridized carbons (Fsp3) is 0.0714. The molecule has 0 aliphatic heterocycles. The number of benzene rings is 2. The van der Waals surface area contributed by atoms with Crippen molar-refractivity contribution < 1.29 is 0 Å². The minimum absolute atomic E-state index is 0.625. The minimum Gasteiger partial charge on any atom is -0.355 e. The molecule has 0 atom stereocenters. The van der Waals surface area contributed by atoms with Gasteiger partial charge in [0.1, 0.15) is 0 Å². The van der Waals surface area contributed by atoms with Crippen LogP contribution in [-0.4, -0.2) is 0 Å². The Kier molecular flexibility index (Phi) is 4.05. The van der Waals surface area contributed by atoms with E-state index < -0.39 is 0 Å². The molecule has 0 heterocycles. The second-order valence-electron chi connectivity index (χ2n) is 3.92. The summed E-state index contributed by atoms with van der Waals surface area (Å²) in [5.41, 5.74) is 3.68. The van der Waals surface area contributed by atoms with Crippen LogP contribution in [0.5, 0.6) is 0 Å². The molecule has 0 unspecified atom stereocenters. The van der Waals surface area contributed by atoms with E-state index in [1.165, 1.54) is 0 Å². The van der Waals surface area contributed by atoms with Crippen LogP contribution < -0.4 is 5.32 Å². The number of hydrogen-bond donors (Lipinski definition) is 1. The summed E-state index contributed by atoms with van der Waals surface area (Å²) < 4.78 is 1.91. The molecular formula is C14H10Br2N2. The van der Waals surface area contributed by atoms with E-state index in [0.29, 0.717) is 5.56 Å². The van der Waals surface area contributed by atoms with Crippen molar-refractivity contribution in [1.29, 1.82) is 5.26 Å². The summed E-state index contributed by atoms with van der Waals surface area (Å²) in [6, 6.07) is 13.8. The molecule has 2 aromatic carbocycles. The SMILES string of the molecule is Cc1ccc(Br)cc1Nc1cc(Br)cc(C#N)c1. The second kappa shape index (κ2) is 5.55. The summed E-state index contributed by atoms with van der Waals surface area (Å²) in [6.45, 7) is 2.04. The molecule has 2 rings (SSSR count). The molecular weight excluding hydrogens is 356 g/mol. The number of nitrogens with zero attached hydrogens (tertiary/aromatic N) is 1. The van der Waals surface area contributed by atoms with Crippen molar-refractivity contribution in [2.45, 2.75) is 6.92 Å². The van der Waals surface area contributed by atoms with Crippen LogP contribution in [0.25, 0.3) is 0 Å². The first-order valence-corrected chi connectivity index (χ1v) is 6.91. The van der Waals surface area contributed by atoms with Crippen LogP contribution in [0.2, 0.25) is 0 Å². The zero-order chi connectivity index (χ0) is 13.1. The summed E-state index contributed by atoms with van der Waals surface area (Å²) in [6.07, 6.45) is 0. The van der Waals surface area contributed by atoms with Crippen LogP contribution in [0.1, 0.15) is 11.1 Å². The molecule has 2 nitrogen and oxygen atoms in total. The first-order chi connectivity index (χ1) is 8.58. The van der Waals surface area contributed by atoms with Gasteiger partial charge < -0.3 is 5.32 Å². The van der Waals surface area contributed by atoms with Crippen molar-refractivity contribution in [1.82, 2.24) is 0 Å². The Labute approximate surface area is 123 Å². The maximum Gasteiger partial charge on any atom is 0.0992 e. The predicted molar refractivity (Wildman–Crippen MR) is 81.0 cm³/mol. The maximum absolute atomic E-state index is 8.95. The van der Waals surface area contributed by atoms with Gasteiger partial charge in [-0.25, -0.2) is 0 Å². The molecule has 90 valence electrons. The summed E-state index contributed by atoms with van der Waals surface area (Å²) in [5.74, 6) is 0. The van der Waals surface area contributed by atoms with Gasteiger partial charge in [0, 0.05) is 20.3 Å². The summed E-state index contributed by atoms with van der Waals surface area (Å²) in [7, 11) is 0. The topological polar surface area (TPSA) is 35.8 Å². The van der Waals surface area contributed by atoms with Crippen molar-refractivity contribution >= 4 is 43.2 Å². The Balaban J connectivity index is 2.37. The molecule has 0 aliphatic carbocycles. The molecule has 18 heavy (non-hydrogen) atoms. The Morgan fingerprint density at radius 2 is 1.83 bits per heavy atom. The number of nitriles is 1. The van der Waals surface area contributed by atoms with Crippen molar-refractivity contribution in [3.05, 3.63) is 56.5 Å². The average molecular weight is 366 g/mol. The van der Waals surface area contributed by atoms with Crippen LogP contribution in [0, 0.1) is 18.3 Å². The van der Waals surface area contributed by atoms with E-state index in [9.17, 15) is 0 Å². The van der Waals surface area contributed by atoms with Gasteiger partial charge in [0.15, 0.2) is 0 Å². The van der Waals surface area contributed by atoms with Gasteiger partial charge in [0.25, 0.3) is 0 Å². The van der Waals surface area contributed by atoms with Crippen LogP contribution >= 0.6 is 31.9 Å². The van der Waals surface area contributed by atoms with E-state index in [4.69, 9.17) is 5.26 Å². The van der Waals surface area contributed by atoms with Crippen LogP contribution in [0.15, 0.2) is 45.3 Å². The Morgan fingerprint density at radius 3 is 2.56 bits per heavy atom. The number of halogens is 2. The minimum atomic E-state index is 0.625. The fourth-order valence-electron chi connectivity index (χ4n) is 1.61. The third kappa shape index (κ3) is 3.12. The number of aryl methyl sites for hydroxylation is 1. The largest absolute Gasteiger partial charge is 0.355 e. The highest BCUT2D eigenvalue weighted by atomic mass is 79.9. The number of anilines is 2. The fourth-order valence-corrected chi connectivity index (χ4v) is 2.47. The Hall–Kier alpha value is -1.31. The van der Waals surface area contributed by atoms with E-state index in [-0.39, 0.29) is 0 Å². The molecule has 0 aromatic heterocycles. The van der Waals surface area contributed by atoms with E-state index >= 15 is 0 Å². The molecule has 0 saturated carbocycles. The predicted octanol–water partition coefficient (Wildman–Crippen LogP) is 5.14. The van der Waals surface area contributed by atoms with Gasteiger partial charge in [-0.15, -0.1) is 0 Å². The molecule has 0 spiro atoms. The quantitative estimate of drug-likeness (QED) is 0.800. The van der Waals surface area contributed by atoms with Crippen LogP contribution in [0.3, 0.4) is 0 Å². The summed E-state index contributed by atoms with van der Waals surface area (Å²) >= 11 is 6.85. The lowest BCUT2D eigenvalue weighted by atomic mass is 10.1. The standard InChI is InChI=1S/C14H10Br2N2/c1-9-2-3-11(15)7-14(9)18-13-5-10(8-17)4-12(16)6-13/h2-7,18H,1H3. The van der Waals surface area contributed by atoms with E-state index in [1.54, 1.807) is 6.07 Å². The maximum atomic E-state index is 8.95. The van der Waals surface area contributed by atoms with Crippen molar-refractivity contribution in [2.24, 2.45) is 0 Å². The molecule has 0 amide bonds. The van der Waals surface area contributed by atoms with Gasteiger partial charge in [0.05, 0.1) is 11.6 Å². The van der Waals surface area contributed by atoms with E-state index in [0.717, 1.165) is 25.9 Å². The Bertz CT molecular complexity index is 630. The summed E-state index contributed by atoms with van der Waals surface area (Å²) in [5, 5.41) is 12.3. The highest BCUT2D eigenvalue weighted by Gasteiger charge is 2.03. The molecule has 0 bridgehead atoms. The molecule has 2 aromatic rings. The number of hydrogen-bond acceptors (Lipinski definition) is 2. The Morgan fingerprint density at radius 1 is 1.06 bits per heavy atom. The lowest BCUT2D eigenvalue weighted by molar-refractivity contribution is 1.41. The summed E-state index contributed by atoms with van der Waals surface area (Å²) in [4.78, 5) is 0. The molecule has 0 aliphatic rings. The molecule has 4 heteroatoms. The van der Waals surface area contributed by atoms with Gasteiger partial charge in [-0.2, -0.15) is 5.26 Å². The normalized spacial score (nSPS) is 9.89. The zero-order valence-corrected chi connectivity index (χ0v) is 12.8. The van der Waals surface area contributed by atoms with Crippen LogP contribution in [0.4, 0.5) is 11.4 Å². The van der Waals surface area contributed by atoms with Crippen LogP contribution in [-0.2, 0) is 0 Å². The lowest BCUT2D eigenvalue weighted by Gasteiger charge is -2.10. The highest BCUT2D eigenvalue weighted by Crippen LogP contribution is 2.26.